The summed E-state index contributed by atoms with van der Waals surface area (Å²) in [6, 6.07) is 6.03. The molecule has 20 heavy (non-hydrogen) atoms. The summed E-state index contributed by atoms with van der Waals surface area (Å²) in [5.41, 5.74) is 4.28. The number of amides is 1. The predicted molar refractivity (Wildman–Crippen MR) is 74.4 cm³/mol. The number of pyridine rings is 1. The quantitative estimate of drug-likeness (QED) is 0.586. The molecule has 0 aliphatic heterocycles. The second kappa shape index (κ2) is 6.12. The molecule has 0 aliphatic carbocycles. The first-order chi connectivity index (χ1) is 9.63. The molecule has 104 valence electrons. The molecule has 1 amide bonds. The van der Waals surface area contributed by atoms with E-state index in [1.165, 1.54) is 18.2 Å². The van der Waals surface area contributed by atoms with Gasteiger partial charge in [-0.15, -0.1) is 0 Å². The molecular formula is C14H15FN4O. The Bertz CT molecular complexity index is 630. The summed E-state index contributed by atoms with van der Waals surface area (Å²) >= 11 is 0. The van der Waals surface area contributed by atoms with Gasteiger partial charge in [-0.25, -0.2) is 4.39 Å². The number of aryl methyl sites for hydroxylation is 1. The van der Waals surface area contributed by atoms with Gasteiger partial charge in [0.15, 0.2) is 0 Å². The van der Waals surface area contributed by atoms with E-state index in [0.717, 1.165) is 11.1 Å². The van der Waals surface area contributed by atoms with Crippen molar-refractivity contribution in [3.63, 3.8) is 0 Å². The van der Waals surface area contributed by atoms with E-state index in [9.17, 15) is 9.18 Å². The Morgan fingerprint density at radius 2 is 2.20 bits per heavy atom. The Morgan fingerprint density at radius 3 is 2.90 bits per heavy atom. The zero-order valence-electron chi connectivity index (χ0n) is 11.0. The average molecular weight is 274 g/mol. The zero-order chi connectivity index (χ0) is 14.5. The molecule has 0 bridgehead atoms. The fourth-order valence-corrected chi connectivity index (χ4v) is 1.83. The van der Waals surface area contributed by atoms with Gasteiger partial charge in [0.2, 0.25) is 0 Å². The van der Waals surface area contributed by atoms with Crippen molar-refractivity contribution in [3.05, 3.63) is 59.2 Å². The van der Waals surface area contributed by atoms with Crippen LogP contribution < -0.4 is 16.6 Å². The van der Waals surface area contributed by atoms with E-state index in [1.54, 1.807) is 12.4 Å². The van der Waals surface area contributed by atoms with Crippen LogP contribution in [0.5, 0.6) is 0 Å². The summed E-state index contributed by atoms with van der Waals surface area (Å²) in [6.45, 7) is 2.25. The molecule has 0 spiro atoms. The number of carbonyl (C=O) groups is 1. The van der Waals surface area contributed by atoms with E-state index in [2.05, 4.69) is 15.7 Å². The predicted octanol–water partition coefficient (Wildman–Crippen LogP) is 1.74. The van der Waals surface area contributed by atoms with E-state index < -0.39 is 11.7 Å². The van der Waals surface area contributed by atoms with Gasteiger partial charge < -0.3 is 10.7 Å². The number of hydrogen-bond donors (Lipinski definition) is 3. The first kappa shape index (κ1) is 14.0. The Labute approximate surface area is 116 Å². The van der Waals surface area contributed by atoms with Crippen molar-refractivity contribution in [1.82, 2.24) is 10.3 Å². The SMILES string of the molecule is Cc1cnccc1CNC(=O)c1cccc(F)c1NN. The Morgan fingerprint density at radius 1 is 1.40 bits per heavy atom. The third-order valence-electron chi connectivity index (χ3n) is 2.98. The number of hydrogen-bond acceptors (Lipinski definition) is 4. The number of nitrogen functional groups attached to an aromatic ring is 1. The lowest BCUT2D eigenvalue weighted by molar-refractivity contribution is 0.0951. The Kier molecular flexibility index (Phi) is 4.27. The molecule has 4 N–H and O–H groups in total. The molecule has 0 saturated carbocycles. The number of rotatable bonds is 4. The molecule has 2 aromatic rings. The van der Waals surface area contributed by atoms with Crippen molar-refractivity contribution >= 4 is 11.6 Å². The lowest BCUT2D eigenvalue weighted by atomic mass is 10.1. The maximum absolute atomic E-state index is 13.5. The van der Waals surface area contributed by atoms with Gasteiger partial charge in [-0.05, 0) is 36.2 Å². The molecule has 0 unspecified atom stereocenters. The fraction of sp³-hybridized carbons (Fsp3) is 0.143. The van der Waals surface area contributed by atoms with Gasteiger partial charge in [0.1, 0.15) is 5.82 Å². The highest BCUT2D eigenvalue weighted by molar-refractivity contribution is 5.99. The van der Waals surface area contributed by atoms with Crippen molar-refractivity contribution < 1.29 is 9.18 Å². The van der Waals surface area contributed by atoms with Crippen LogP contribution in [0.25, 0.3) is 0 Å². The number of aromatic nitrogens is 1. The van der Waals surface area contributed by atoms with Gasteiger partial charge in [0.25, 0.3) is 5.91 Å². The number of hydrazine groups is 1. The molecular weight excluding hydrogens is 259 g/mol. The number of nitrogens with one attached hydrogen (secondary N) is 2. The zero-order valence-corrected chi connectivity index (χ0v) is 11.0. The maximum atomic E-state index is 13.5. The van der Waals surface area contributed by atoms with Crippen LogP contribution in [0.15, 0.2) is 36.7 Å². The number of halogens is 1. The van der Waals surface area contributed by atoms with Crippen molar-refractivity contribution in [2.75, 3.05) is 5.43 Å². The molecule has 0 aliphatic rings. The van der Waals surface area contributed by atoms with Gasteiger partial charge in [0.05, 0.1) is 11.3 Å². The monoisotopic (exact) mass is 274 g/mol. The van der Waals surface area contributed by atoms with E-state index in [1.807, 2.05) is 13.0 Å². The standard InChI is InChI=1S/C14H15FN4O/c1-9-7-17-6-5-10(9)8-18-14(20)11-3-2-4-12(15)13(11)19-16/h2-7,19H,8,16H2,1H3,(H,18,20). The molecule has 1 aromatic carbocycles. The number of para-hydroxylation sites is 1. The third-order valence-corrected chi connectivity index (χ3v) is 2.98. The molecule has 1 aromatic heterocycles. The molecule has 6 heteroatoms. The number of benzene rings is 1. The summed E-state index contributed by atoms with van der Waals surface area (Å²) in [4.78, 5) is 16.1. The van der Waals surface area contributed by atoms with Crippen LogP contribution in [0.1, 0.15) is 21.5 Å². The smallest absolute Gasteiger partial charge is 0.253 e. The maximum Gasteiger partial charge on any atom is 0.253 e. The molecule has 1 heterocycles. The molecule has 0 radical (unpaired) electrons. The number of carbonyl (C=O) groups excluding carboxylic acids is 1. The highest BCUT2D eigenvalue weighted by Gasteiger charge is 2.14. The van der Waals surface area contributed by atoms with Crippen LogP contribution in [0, 0.1) is 12.7 Å². The van der Waals surface area contributed by atoms with E-state index in [4.69, 9.17) is 5.84 Å². The molecule has 0 saturated heterocycles. The van der Waals surface area contributed by atoms with E-state index >= 15 is 0 Å². The lowest BCUT2D eigenvalue weighted by Crippen LogP contribution is -2.25. The van der Waals surface area contributed by atoms with E-state index in [0.29, 0.717) is 6.54 Å². The van der Waals surface area contributed by atoms with Crippen LogP contribution in [-0.4, -0.2) is 10.9 Å². The molecule has 0 fully saturated rings. The molecule has 0 atom stereocenters. The van der Waals surface area contributed by atoms with Crippen LogP contribution in [0.2, 0.25) is 0 Å². The lowest BCUT2D eigenvalue weighted by Gasteiger charge is -2.11. The Hall–Kier alpha value is -2.47. The highest BCUT2D eigenvalue weighted by atomic mass is 19.1. The summed E-state index contributed by atoms with van der Waals surface area (Å²) in [5.74, 6) is 4.28. The second-order valence-corrected chi connectivity index (χ2v) is 4.29. The minimum Gasteiger partial charge on any atom is -0.348 e. The van der Waals surface area contributed by atoms with Gasteiger partial charge >= 0.3 is 0 Å². The van der Waals surface area contributed by atoms with Crippen molar-refractivity contribution in [3.8, 4) is 0 Å². The van der Waals surface area contributed by atoms with Crippen LogP contribution >= 0.6 is 0 Å². The third kappa shape index (κ3) is 2.92. The van der Waals surface area contributed by atoms with Gasteiger partial charge in [-0.2, -0.15) is 0 Å². The van der Waals surface area contributed by atoms with Gasteiger partial charge in [-0.3, -0.25) is 15.6 Å². The summed E-state index contributed by atoms with van der Waals surface area (Å²) in [5, 5.41) is 2.73. The molecule has 5 nitrogen and oxygen atoms in total. The first-order valence-electron chi connectivity index (χ1n) is 6.06. The van der Waals surface area contributed by atoms with Crippen molar-refractivity contribution in [2.24, 2.45) is 5.84 Å². The minimum absolute atomic E-state index is 0.0172. The van der Waals surface area contributed by atoms with Crippen LogP contribution in [0.4, 0.5) is 10.1 Å². The molecule has 2 rings (SSSR count). The van der Waals surface area contributed by atoms with E-state index in [-0.39, 0.29) is 11.3 Å². The average Bonchev–Trinajstić information content (AvgIpc) is 2.46. The first-order valence-corrected chi connectivity index (χ1v) is 6.06. The highest BCUT2D eigenvalue weighted by Crippen LogP contribution is 2.18. The largest absolute Gasteiger partial charge is 0.348 e. The van der Waals surface area contributed by atoms with Gasteiger partial charge in [0, 0.05) is 18.9 Å². The summed E-state index contributed by atoms with van der Waals surface area (Å²) in [7, 11) is 0. The van der Waals surface area contributed by atoms with Crippen LogP contribution in [-0.2, 0) is 6.54 Å². The summed E-state index contributed by atoms with van der Waals surface area (Å²) < 4.78 is 13.5. The Balaban J connectivity index is 2.14. The normalized spacial score (nSPS) is 10.2. The van der Waals surface area contributed by atoms with Gasteiger partial charge in [-0.1, -0.05) is 6.07 Å². The fourth-order valence-electron chi connectivity index (χ4n) is 1.83. The van der Waals surface area contributed by atoms with Crippen molar-refractivity contribution in [1.29, 1.82) is 0 Å². The second-order valence-electron chi connectivity index (χ2n) is 4.29. The summed E-state index contributed by atoms with van der Waals surface area (Å²) in [6.07, 6.45) is 3.38. The minimum atomic E-state index is -0.569. The number of anilines is 1. The van der Waals surface area contributed by atoms with Crippen LogP contribution in [0.3, 0.4) is 0 Å². The number of nitrogens with two attached hydrogens (primary N) is 1. The topological polar surface area (TPSA) is 80.0 Å². The number of nitrogens with zero attached hydrogens (tertiary/aromatic N) is 1. The van der Waals surface area contributed by atoms with Crippen molar-refractivity contribution in [2.45, 2.75) is 13.5 Å².